The average molecular weight is 624 g/mol. The first-order valence-electron chi connectivity index (χ1n) is 14.3. The molecule has 0 amide bonds. The molecule has 7 rings (SSSR count). The highest BCUT2D eigenvalue weighted by atomic mass is 19.4. The number of rotatable bonds is 5. The normalized spacial score (nSPS) is 22.9. The fourth-order valence-corrected chi connectivity index (χ4v) is 6.25. The summed E-state index contributed by atoms with van der Waals surface area (Å²) in [7, 11) is 1.21. The Bertz CT molecular complexity index is 1830. The van der Waals surface area contributed by atoms with Crippen LogP contribution in [0.4, 0.5) is 24.7 Å². The lowest BCUT2D eigenvalue weighted by molar-refractivity contribution is -0.228. The van der Waals surface area contributed by atoms with Gasteiger partial charge in [0, 0.05) is 30.1 Å². The molecule has 0 unspecified atom stereocenters. The van der Waals surface area contributed by atoms with Gasteiger partial charge >= 0.3 is 12.1 Å². The fourth-order valence-electron chi connectivity index (χ4n) is 6.25. The first kappa shape index (κ1) is 29.1. The van der Waals surface area contributed by atoms with Crippen LogP contribution < -0.4 is 14.5 Å². The van der Waals surface area contributed by atoms with Crippen LogP contribution in [0.1, 0.15) is 24.7 Å². The number of hydrogen-bond donors (Lipinski definition) is 0. The number of carbonyl (C=O) groups excluding carboxylic acids is 1. The average Bonchev–Trinajstić information content (AvgIpc) is 3.61. The molecule has 3 aliphatic rings. The molecule has 0 aliphatic carbocycles. The minimum absolute atomic E-state index is 0.0139. The highest BCUT2D eigenvalue weighted by molar-refractivity contribution is 6.06. The van der Waals surface area contributed by atoms with E-state index in [0.29, 0.717) is 48.6 Å². The lowest BCUT2D eigenvalue weighted by Crippen LogP contribution is -2.68. The van der Waals surface area contributed by atoms with Gasteiger partial charge in [-0.05, 0) is 25.1 Å². The van der Waals surface area contributed by atoms with Crippen molar-refractivity contribution < 1.29 is 41.3 Å². The number of terminal acetylenes is 1. The maximum absolute atomic E-state index is 14.0. The molecule has 6 heterocycles. The van der Waals surface area contributed by atoms with E-state index in [1.165, 1.54) is 18.2 Å². The molecule has 3 saturated heterocycles. The Kier molecular flexibility index (Phi) is 6.97. The zero-order chi connectivity index (χ0) is 31.5. The zero-order valence-corrected chi connectivity index (χ0v) is 24.3. The number of morpholine rings is 1. The maximum Gasteiger partial charge on any atom is 0.451 e. The van der Waals surface area contributed by atoms with Gasteiger partial charge in [-0.25, -0.2) is 19.7 Å². The van der Waals surface area contributed by atoms with Crippen molar-refractivity contribution in [1.82, 2.24) is 15.0 Å². The van der Waals surface area contributed by atoms with Gasteiger partial charge in [-0.2, -0.15) is 13.2 Å². The fraction of sp³-hybridized carbons (Fsp3) is 0.419. The molecule has 11 nitrogen and oxygen atoms in total. The Labute approximate surface area is 255 Å². The summed E-state index contributed by atoms with van der Waals surface area (Å²) < 4.78 is 71.1. The molecule has 234 valence electrons. The Hall–Kier alpha value is -4.61. The molecule has 1 aromatic carbocycles. The monoisotopic (exact) mass is 623 g/mol. The van der Waals surface area contributed by atoms with Crippen LogP contribution in [0.2, 0.25) is 0 Å². The Morgan fingerprint density at radius 2 is 2.00 bits per heavy atom. The number of nitrogens with zero attached hydrogens (tertiary/aromatic N) is 5. The molecule has 3 fully saturated rings. The number of esters is 1. The molecule has 1 spiro atoms. The summed E-state index contributed by atoms with van der Waals surface area (Å²) in [5.41, 5.74) is 1.06. The van der Waals surface area contributed by atoms with Gasteiger partial charge in [0.2, 0.25) is 11.7 Å². The molecule has 4 aromatic rings. The second kappa shape index (κ2) is 10.8. The molecule has 0 radical (unpaired) electrons. The number of anilines is 2. The molecule has 3 aliphatic heterocycles. The minimum Gasteiger partial charge on any atom is -0.471 e. The van der Waals surface area contributed by atoms with Gasteiger partial charge in [0.15, 0.2) is 11.4 Å². The number of methoxy groups -OCH3 is 1. The highest BCUT2D eigenvalue weighted by Gasteiger charge is 2.50. The van der Waals surface area contributed by atoms with E-state index in [1.54, 1.807) is 30.3 Å². The van der Waals surface area contributed by atoms with Crippen LogP contribution >= 0.6 is 0 Å². The Morgan fingerprint density at radius 3 is 2.71 bits per heavy atom. The molecule has 3 atom stereocenters. The molecule has 14 heteroatoms. The number of furan rings is 1. The second-order valence-electron chi connectivity index (χ2n) is 11.3. The van der Waals surface area contributed by atoms with Gasteiger partial charge in [0.05, 0.1) is 39.5 Å². The highest BCUT2D eigenvalue weighted by Crippen LogP contribution is 2.42. The van der Waals surface area contributed by atoms with Crippen LogP contribution in [0.25, 0.3) is 22.1 Å². The molecular weight excluding hydrogens is 595 g/mol. The predicted molar refractivity (Wildman–Crippen MR) is 155 cm³/mol. The van der Waals surface area contributed by atoms with Crippen molar-refractivity contribution in [2.75, 3.05) is 49.8 Å². The van der Waals surface area contributed by atoms with Gasteiger partial charge in [-0.15, -0.1) is 6.42 Å². The number of para-hydroxylation sites is 1. The van der Waals surface area contributed by atoms with Crippen molar-refractivity contribution >= 4 is 39.5 Å². The number of benzene rings is 1. The van der Waals surface area contributed by atoms with Crippen molar-refractivity contribution in [1.29, 1.82) is 0 Å². The molecule has 0 bridgehead atoms. The standard InChI is InChI=1S/C31H28F3N5O6/c1-4-18-11-21(38-9-10-43-30(17(38)2)15-42-16-30)27(35-13-18)44-19-12-22(28(40)41-3)39(14-19)26-25-24(36-29(37-26)31(32,33)34)20-7-5-6-8-23(20)45-25/h1,5-8,11,13,17,19,22H,9-10,12,14-16H2,2-3H3/t17-,19-,22-/m0/s1. The van der Waals surface area contributed by atoms with Crippen molar-refractivity contribution in [2.45, 2.75) is 43.3 Å². The van der Waals surface area contributed by atoms with Crippen LogP contribution in [0.3, 0.4) is 0 Å². The van der Waals surface area contributed by atoms with Gasteiger partial charge < -0.3 is 33.2 Å². The molecular formula is C31H28F3N5O6. The third-order valence-electron chi connectivity index (χ3n) is 8.69. The predicted octanol–water partition coefficient (Wildman–Crippen LogP) is 3.96. The van der Waals surface area contributed by atoms with Crippen LogP contribution in [-0.2, 0) is 25.2 Å². The summed E-state index contributed by atoms with van der Waals surface area (Å²) in [6, 6.07) is 7.30. The lowest BCUT2D eigenvalue weighted by atomic mass is 9.90. The zero-order valence-electron chi connectivity index (χ0n) is 24.3. The van der Waals surface area contributed by atoms with E-state index < -0.39 is 35.7 Å². The van der Waals surface area contributed by atoms with Crippen LogP contribution in [0, 0.1) is 12.3 Å². The lowest BCUT2D eigenvalue weighted by Gasteiger charge is -2.53. The van der Waals surface area contributed by atoms with Crippen molar-refractivity contribution in [3.63, 3.8) is 0 Å². The SMILES string of the molecule is C#Cc1cnc(O[C@H]2C[C@@H](C(=O)OC)N(c3nc(C(F)(F)F)nc4c3oc3ccccc34)C2)c(N2CCOC3(COC3)[C@@H]2C)c1. The number of pyridine rings is 1. The van der Waals surface area contributed by atoms with Crippen LogP contribution in [-0.4, -0.2) is 84.7 Å². The summed E-state index contributed by atoms with van der Waals surface area (Å²) in [5, 5.41) is 0.389. The van der Waals surface area contributed by atoms with Crippen molar-refractivity contribution in [3.8, 4) is 18.2 Å². The summed E-state index contributed by atoms with van der Waals surface area (Å²) in [5.74, 6) is 0.669. The summed E-state index contributed by atoms with van der Waals surface area (Å²) in [4.78, 5) is 28.8. The van der Waals surface area contributed by atoms with E-state index in [-0.39, 0.29) is 41.8 Å². The number of aromatic nitrogens is 3. The van der Waals surface area contributed by atoms with Gasteiger partial charge in [0.1, 0.15) is 34.5 Å². The largest absolute Gasteiger partial charge is 0.471 e. The van der Waals surface area contributed by atoms with E-state index in [2.05, 4.69) is 25.8 Å². The molecule has 0 N–H and O–H groups in total. The molecule has 3 aromatic heterocycles. The summed E-state index contributed by atoms with van der Waals surface area (Å²) >= 11 is 0. The van der Waals surface area contributed by atoms with E-state index in [0.717, 1.165) is 0 Å². The summed E-state index contributed by atoms with van der Waals surface area (Å²) in [6.07, 6.45) is 1.74. The Balaban J connectivity index is 1.27. The first-order valence-corrected chi connectivity index (χ1v) is 14.3. The van der Waals surface area contributed by atoms with E-state index in [4.69, 9.17) is 29.8 Å². The van der Waals surface area contributed by atoms with Gasteiger partial charge in [-0.3, -0.25) is 0 Å². The number of ether oxygens (including phenoxy) is 4. The van der Waals surface area contributed by atoms with Crippen molar-refractivity contribution in [2.24, 2.45) is 0 Å². The number of alkyl halides is 3. The van der Waals surface area contributed by atoms with Crippen LogP contribution in [0.5, 0.6) is 5.88 Å². The second-order valence-corrected chi connectivity index (χ2v) is 11.3. The van der Waals surface area contributed by atoms with Crippen LogP contribution in [0.15, 0.2) is 40.9 Å². The maximum atomic E-state index is 14.0. The number of halogens is 3. The Morgan fingerprint density at radius 1 is 1.20 bits per heavy atom. The number of carbonyl (C=O) groups is 1. The third kappa shape index (κ3) is 4.87. The van der Waals surface area contributed by atoms with Crippen molar-refractivity contribution in [3.05, 3.63) is 47.9 Å². The third-order valence-corrected chi connectivity index (χ3v) is 8.69. The van der Waals surface area contributed by atoms with E-state index in [1.807, 2.05) is 6.92 Å². The smallest absolute Gasteiger partial charge is 0.451 e. The van der Waals surface area contributed by atoms with Gasteiger partial charge in [-0.1, -0.05) is 18.1 Å². The number of fused-ring (bicyclic) bond motifs is 3. The van der Waals surface area contributed by atoms with E-state index >= 15 is 0 Å². The first-order chi connectivity index (χ1) is 21.6. The topological polar surface area (TPSA) is 112 Å². The van der Waals surface area contributed by atoms with Gasteiger partial charge in [0.25, 0.3) is 0 Å². The summed E-state index contributed by atoms with van der Waals surface area (Å²) in [6.45, 7) is 3.92. The minimum atomic E-state index is -4.85. The quantitative estimate of drug-likeness (QED) is 0.238. The molecule has 0 saturated carbocycles. The van der Waals surface area contributed by atoms with E-state index in [9.17, 15) is 18.0 Å². The number of hydrogen-bond acceptors (Lipinski definition) is 11. The molecule has 45 heavy (non-hydrogen) atoms.